The third-order valence-corrected chi connectivity index (χ3v) is 14.3. The Labute approximate surface area is 158 Å². The van der Waals surface area contributed by atoms with E-state index in [2.05, 4.69) is 27.7 Å². The summed E-state index contributed by atoms with van der Waals surface area (Å²) in [5.74, 6) is 0.0904. The Morgan fingerprint density at radius 2 is 1.56 bits per heavy atom. The normalized spacial score (nSPS) is 17.1. The molecule has 1 aliphatic heterocycles. The standard InChI is InChI=1S/C12H20O4.2C4H9.Sn/c1-9(2)6-4-3-5-7-10(12(15)16)8-11(13)14;2*1-3-4-2;/h8-9H,3-7H2,1-2H3,(H,13,14)(H,15,16);2*1,3-4H2,2H3;/q;;;+2/p-2. The summed E-state index contributed by atoms with van der Waals surface area (Å²) in [5, 5.41) is 0. The second kappa shape index (κ2) is 12.0. The van der Waals surface area contributed by atoms with Crippen LogP contribution in [0.2, 0.25) is 8.87 Å². The van der Waals surface area contributed by atoms with Crippen LogP contribution < -0.4 is 0 Å². The van der Waals surface area contributed by atoms with Crippen LogP contribution in [0.5, 0.6) is 0 Å². The first-order chi connectivity index (χ1) is 11.9. The van der Waals surface area contributed by atoms with Crippen molar-refractivity contribution in [3.63, 3.8) is 0 Å². The zero-order valence-corrected chi connectivity index (χ0v) is 19.4. The Morgan fingerprint density at radius 1 is 0.920 bits per heavy atom. The van der Waals surface area contributed by atoms with Gasteiger partial charge in [0, 0.05) is 0 Å². The first kappa shape index (κ1) is 22.5. The molecule has 1 heterocycles. The monoisotopic (exact) mass is 460 g/mol. The summed E-state index contributed by atoms with van der Waals surface area (Å²) in [5.41, 5.74) is 0.515. The van der Waals surface area contributed by atoms with Gasteiger partial charge in [0.1, 0.15) is 0 Å². The number of carbonyl (C=O) groups excluding carboxylic acids is 2. The third-order valence-electron chi connectivity index (χ3n) is 4.67. The number of hydrogen-bond acceptors (Lipinski definition) is 4. The molecule has 0 aliphatic carbocycles. The van der Waals surface area contributed by atoms with Crippen LogP contribution in [0, 0.1) is 5.92 Å². The summed E-state index contributed by atoms with van der Waals surface area (Å²) < 4.78 is 13.3. The van der Waals surface area contributed by atoms with Crippen molar-refractivity contribution in [1.82, 2.24) is 0 Å². The van der Waals surface area contributed by atoms with Gasteiger partial charge in [-0.3, -0.25) is 0 Å². The average Bonchev–Trinajstić information content (AvgIpc) is 2.67. The van der Waals surface area contributed by atoms with E-state index < -0.39 is 19.2 Å². The Morgan fingerprint density at radius 3 is 2.12 bits per heavy atom. The zero-order chi connectivity index (χ0) is 18.7. The van der Waals surface area contributed by atoms with Crippen LogP contribution in [0.3, 0.4) is 0 Å². The summed E-state index contributed by atoms with van der Waals surface area (Å²) in [4.78, 5) is 24.9. The van der Waals surface area contributed by atoms with Crippen molar-refractivity contribution in [3.05, 3.63) is 11.6 Å². The van der Waals surface area contributed by atoms with Gasteiger partial charge in [-0.1, -0.05) is 0 Å². The van der Waals surface area contributed by atoms with Crippen molar-refractivity contribution in [2.45, 2.75) is 94.4 Å². The van der Waals surface area contributed by atoms with Crippen molar-refractivity contribution >= 4 is 31.1 Å². The molecule has 144 valence electrons. The van der Waals surface area contributed by atoms with Crippen LogP contribution in [0.25, 0.3) is 0 Å². The van der Waals surface area contributed by atoms with Crippen molar-refractivity contribution in [3.8, 4) is 0 Å². The maximum absolute atomic E-state index is 12.6. The maximum atomic E-state index is 12.6. The molecule has 25 heavy (non-hydrogen) atoms. The second-order valence-electron chi connectivity index (χ2n) is 7.59. The summed E-state index contributed by atoms with van der Waals surface area (Å²) >= 11 is -3.63. The molecule has 0 unspecified atom stereocenters. The molecule has 0 aromatic carbocycles. The molecule has 0 bridgehead atoms. The molecular formula is C20H36O4Sn. The van der Waals surface area contributed by atoms with Crippen molar-refractivity contribution in [2.24, 2.45) is 5.92 Å². The van der Waals surface area contributed by atoms with Crippen LogP contribution in [-0.2, 0) is 15.7 Å². The van der Waals surface area contributed by atoms with E-state index in [9.17, 15) is 9.59 Å². The summed E-state index contributed by atoms with van der Waals surface area (Å²) in [6.07, 6.45) is 10.4. The third kappa shape index (κ3) is 8.61. The minimum atomic E-state index is -3.63. The Kier molecular flexibility index (Phi) is 10.8. The Hall–Kier alpha value is -0.521. The topological polar surface area (TPSA) is 52.6 Å². The predicted molar refractivity (Wildman–Crippen MR) is 103 cm³/mol. The Balaban J connectivity index is 2.67. The quantitative estimate of drug-likeness (QED) is 0.279. The van der Waals surface area contributed by atoms with E-state index in [1.165, 1.54) is 18.9 Å². The van der Waals surface area contributed by atoms with Crippen molar-refractivity contribution in [2.75, 3.05) is 0 Å². The minimum absolute atomic E-state index is 0.280. The van der Waals surface area contributed by atoms with Crippen LogP contribution in [-0.4, -0.2) is 31.1 Å². The molecule has 1 rings (SSSR count). The first-order valence-corrected chi connectivity index (χ1v) is 16.5. The van der Waals surface area contributed by atoms with E-state index in [4.69, 9.17) is 6.15 Å². The summed E-state index contributed by atoms with van der Waals surface area (Å²) in [6.45, 7) is 8.67. The molecule has 5 heteroatoms. The van der Waals surface area contributed by atoms with Gasteiger partial charge in [-0.05, 0) is 0 Å². The van der Waals surface area contributed by atoms with E-state index in [0.29, 0.717) is 17.9 Å². The molecule has 0 spiro atoms. The first-order valence-electron chi connectivity index (χ1n) is 10.1. The van der Waals surface area contributed by atoms with Gasteiger partial charge in [0.05, 0.1) is 0 Å². The van der Waals surface area contributed by atoms with Gasteiger partial charge in [0.25, 0.3) is 0 Å². The van der Waals surface area contributed by atoms with Gasteiger partial charge in [0.2, 0.25) is 0 Å². The average molecular weight is 459 g/mol. The van der Waals surface area contributed by atoms with Crippen LogP contribution >= 0.6 is 0 Å². The number of carbonyl (C=O) groups is 2. The van der Waals surface area contributed by atoms with Gasteiger partial charge < -0.3 is 0 Å². The SMILES string of the molecule is CCC[CH2][Sn]1([CH2]CCC)[O]C(=O)C=C(CCCCCC(C)C)C(=O)[O]1. The number of hydrogen-bond donors (Lipinski definition) is 0. The van der Waals surface area contributed by atoms with Gasteiger partial charge in [-0.2, -0.15) is 0 Å². The van der Waals surface area contributed by atoms with Crippen LogP contribution in [0.15, 0.2) is 11.6 Å². The predicted octanol–water partition coefficient (Wildman–Crippen LogP) is 5.66. The van der Waals surface area contributed by atoms with Gasteiger partial charge in [-0.15, -0.1) is 0 Å². The van der Waals surface area contributed by atoms with E-state index >= 15 is 0 Å². The molecule has 0 saturated heterocycles. The van der Waals surface area contributed by atoms with E-state index in [0.717, 1.165) is 47.4 Å². The fourth-order valence-corrected chi connectivity index (χ4v) is 12.8. The molecule has 1 aliphatic rings. The molecule has 0 radical (unpaired) electrons. The molecule has 0 amide bonds. The van der Waals surface area contributed by atoms with E-state index in [1.54, 1.807) is 0 Å². The molecule has 0 aromatic heterocycles. The van der Waals surface area contributed by atoms with E-state index in [1.807, 2.05) is 0 Å². The van der Waals surface area contributed by atoms with E-state index in [-0.39, 0.29) is 11.9 Å². The molecule has 0 N–H and O–H groups in total. The zero-order valence-electron chi connectivity index (χ0n) is 16.6. The molecule has 0 aromatic rings. The van der Waals surface area contributed by atoms with Crippen molar-refractivity contribution in [1.29, 1.82) is 0 Å². The molecule has 4 nitrogen and oxygen atoms in total. The number of rotatable bonds is 12. The molecular weight excluding hydrogens is 423 g/mol. The van der Waals surface area contributed by atoms with Crippen LogP contribution in [0.1, 0.15) is 85.5 Å². The molecule has 0 atom stereocenters. The fraction of sp³-hybridized carbons (Fsp3) is 0.800. The second-order valence-corrected chi connectivity index (χ2v) is 16.8. The van der Waals surface area contributed by atoms with Gasteiger partial charge in [0.15, 0.2) is 0 Å². The summed E-state index contributed by atoms with van der Waals surface area (Å²) in [7, 11) is 0. The Bertz CT molecular complexity index is 449. The summed E-state index contributed by atoms with van der Waals surface area (Å²) in [6, 6.07) is 0. The van der Waals surface area contributed by atoms with Crippen molar-refractivity contribution < 1.29 is 15.7 Å². The molecule has 0 fully saturated rings. The fourth-order valence-electron chi connectivity index (χ4n) is 3.11. The van der Waals surface area contributed by atoms with Gasteiger partial charge in [-0.25, -0.2) is 0 Å². The van der Waals surface area contributed by atoms with Gasteiger partial charge >= 0.3 is 159 Å². The number of unbranched alkanes of at least 4 members (excludes halogenated alkanes) is 4. The molecule has 0 saturated carbocycles. The van der Waals surface area contributed by atoms with Crippen LogP contribution in [0.4, 0.5) is 0 Å².